The van der Waals surface area contributed by atoms with Gasteiger partial charge in [0.2, 0.25) is 0 Å². The first-order valence-electron chi connectivity index (χ1n) is 9.77. The van der Waals surface area contributed by atoms with Crippen LogP contribution in [0.4, 0.5) is 0 Å². The summed E-state index contributed by atoms with van der Waals surface area (Å²) < 4.78 is 5.84. The quantitative estimate of drug-likeness (QED) is 0.767. The fourth-order valence-corrected chi connectivity index (χ4v) is 3.29. The van der Waals surface area contributed by atoms with Crippen molar-refractivity contribution in [3.05, 3.63) is 35.4 Å². The minimum absolute atomic E-state index is 0.0268. The molecule has 3 nitrogen and oxygen atoms in total. The SMILES string of the molecule is CC(C)(C)Cc1ccc(CN2CCN(CCOC(C)(C)C)CC2)cc1. The Kier molecular flexibility index (Phi) is 7.07. The van der Waals surface area contributed by atoms with Gasteiger partial charge in [-0.15, -0.1) is 0 Å². The molecule has 0 atom stereocenters. The third-order valence-electron chi connectivity index (χ3n) is 4.57. The second-order valence-corrected chi connectivity index (χ2v) is 9.63. The Morgan fingerprint density at radius 2 is 1.32 bits per heavy atom. The van der Waals surface area contributed by atoms with E-state index < -0.39 is 0 Å². The average molecular weight is 347 g/mol. The standard InChI is InChI=1S/C22H38N2O/c1-21(2,3)17-19-7-9-20(10-8-19)18-24-13-11-23(12-14-24)15-16-25-22(4,5)6/h7-10H,11-18H2,1-6H3. The summed E-state index contributed by atoms with van der Waals surface area (Å²) in [5.41, 5.74) is 3.21. The Hall–Kier alpha value is -0.900. The maximum atomic E-state index is 5.84. The molecule has 0 aromatic heterocycles. The highest BCUT2D eigenvalue weighted by molar-refractivity contribution is 5.23. The largest absolute Gasteiger partial charge is 0.375 e. The second-order valence-electron chi connectivity index (χ2n) is 9.63. The topological polar surface area (TPSA) is 15.7 Å². The highest BCUT2D eigenvalue weighted by atomic mass is 16.5. The van der Waals surface area contributed by atoms with Crippen LogP contribution in [0.2, 0.25) is 0 Å². The summed E-state index contributed by atoms with van der Waals surface area (Å²) in [5.74, 6) is 0. The molecule has 142 valence electrons. The van der Waals surface area contributed by atoms with Crippen LogP contribution in [0.25, 0.3) is 0 Å². The molecule has 0 N–H and O–H groups in total. The minimum Gasteiger partial charge on any atom is -0.375 e. The zero-order valence-electron chi connectivity index (χ0n) is 17.3. The van der Waals surface area contributed by atoms with Crippen LogP contribution in [0.15, 0.2) is 24.3 Å². The summed E-state index contributed by atoms with van der Waals surface area (Å²) in [5, 5.41) is 0. The molecule has 1 saturated heterocycles. The van der Waals surface area contributed by atoms with Gasteiger partial charge in [0.1, 0.15) is 0 Å². The van der Waals surface area contributed by atoms with Gasteiger partial charge in [-0.1, -0.05) is 45.0 Å². The molecule has 1 aromatic rings. The monoisotopic (exact) mass is 346 g/mol. The lowest BCUT2D eigenvalue weighted by molar-refractivity contribution is -0.0180. The molecule has 0 amide bonds. The first-order chi connectivity index (χ1) is 11.6. The molecule has 1 heterocycles. The molecule has 3 heteroatoms. The molecule has 1 fully saturated rings. The van der Waals surface area contributed by atoms with E-state index in [0.29, 0.717) is 5.41 Å². The van der Waals surface area contributed by atoms with Gasteiger partial charge >= 0.3 is 0 Å². The number of piperazine rings is 1. The van der Waals surface area contributed by atoms with Crippen LogP contribution in [0.3, 0.4) is 0 Å². The van der Waals surface area contributed by atoms with Crippen LogP contribution in [0.5, 0.6) is 0 Å². The van der Waals surface area contributed by atoms with Crippen molar-refractivity contribution in [3.63, 3.8) is 0 Å². The van der Waals surface area contributed by atoms with E-state index in [-0.39, 0.29) is 5.60 Å². The summed E-state index contributed by atoms with van der Waals surface area (Å²) in [6.45, 7) is 20.8. The number of nitrogens with zero attached hydrogens (tertiary/aromatic N) is 2. The maximum absolute atomic E-state index is 5.84. The fourth-order valence-electron chi connectivity index (χ4n) is 3.29. The van der Waals surface area contributed by atoms with Crippen LogP contribution in [-0.4, -0.2) is 54.7 Å². The molecular weight excluding hydrogens is 308 g/mol. The smallest absolute Gasteiger partial charge is 0.0600 e. The Morgan fingerprint density at radius 3 is 1.84 bits per heavy atom. The lowest BCUT2D eigenvalue weighted by Gasteiger charge is -2.35. The van der Waals surface area contributed by atoms with Gasteiger partial charge in [0.25, 0.3) is 0 Å². The van der Waals surface area contributed by atoms with E-state index in [1.165, 1.54) is 11.1 Å². The predicted octanol–water partition coefficient (Wildman–Crippen LogP) is 4.21. The van der Waals surface area contributed by atoms with E-state index in [1.807, 2.05) is 0 Å². The first kappa shape index (κ1) is 20.4. The van der Waals surface area contributed by atoms with Crippen molar-refractivity contribution in [1.29, 1.82) is 0 Å². The Balaban J connectivity index is 1.71. The molecule has 0 saturated carbocycles. The van der Waals surface area contributed by atoms with Gasteiger partial charge in [0, 0.05) is 39.3 Å². The molecule has 1 aliphatic rings. The van der Waals surface area contributed by atoms with E-state index in [4.69, 9.17) is 4.74 Å². The molecule has 0 aliphatic carbocycles. The number of rotatable bonds is 6. The van der Waals surface area contributed by atoms with Crippen LogP contribution in [0, 0.1) is 5.41 Å². The number of hydrogen-bond donors (Lipinski definition) is 0. The summed E-state index contributed by atoms with van der Waals surface area (Å²) in [6, 6.07) is 9.23. The molecule has 25 heavy (non-hydrogen) atoms. The van der Waals surface area contributed by atoms with Gasteiger partial charge in [-0.25, -0.2) is 0 Å². The Bertz CT molecular complexity index is 502. The molecule has 1 aromatic carbocycles. The number of benzene rings is 1. The highest BCUT2D eigenvalue weighted by Crippen LogP contribution is 2.21. The molecule has 1 aliphatic heterocycles. The van der Waals surface area contributed by atoms with Gasteiger partial charge in [0.05, 0.1) is 12.2 Å². The van der Waals surface area contributed by atoms with Gasteiger partial charge < -0.3 is 4.74 Å². The van der Waals surface area contributed by atoms with E-state index >= 15 is 0 Å². The molecule has 0 bridgehead atoms. The van der Waals surface area contributed by atoms with Crippen molar-refractivity contribution >= 4 is 0 Å². The molecule has 0 unspecified atom stereocenters. The van der Waals surface area contributed by atoms with Gasteiger partial charge in [-0.3, -0.25) is 9.80 Å². The second kappa shape index (κ2) is 8.66. The van der Waals surface area contributed by atoms with Crippen molar-refractivity contribution in [2.45, 2.75) is 60.1 Å². The van der Waals surface area contributed by atoms with E-state index in [9.17, 15) is 0 Å². The Labute approximate surface area is 155 Å². The molecule has 0 spiro atoms. The van der Waals surface area contributed by atoms with Crippen molar-refractivity contribution in [2.75, 3.05) is 39.3 Å². The van der Waals surface area contributed by atoms with Gasteiger partial charge in [-0.2, -0.15) is 0 Å². The number of ether oxygens (including phenoxy) is 1. The van der Waals surface area contributed by atoms with Crippen molar-refractivity contribution in [1.82, 2.24) is 9.80 Å². The lowest BCUT2D eigenvalue weighted by atomic mass is 9.88. The van der Waals surface area contributed by atoms with Crippen LogP contribution >= 0.6 is 0 Å². The normalized spacial score (nSPS) is 17.8. The van der Waals surface area contributed by atoms with E-state index in [1.54, 1.807) is 0 Å². The van der Waals surface area contributed by atoms with Gasteiger partial charge in [0.15, 0.2) is 0 Å². The first-order valence-corrected chi connectivity index (χ1v) is 9.77. The summed E-state index contributed by atoms with van der Waals surface area (Å²) in [6.07, 6.45) is 1.14. The van der Waals surface area contributed by atoms with Crippen molar-refractivity contribution in [3.8, 4) is 0 Å². The van der Waals surface area contributed by atoms with Crippen molar-refractivity contribution < 1.29 is 4.74 Å². The summed E-state index contributed by atoms with van der Waals surface area (Å²) in [4.78, 5) is 5.09. The van der Waals surface area contributed by atoms with E-state index in [2.05, 4.69) is 75.6 Å². The maximum Gasteiger partial charge on any atom is 0.0600 e. The zero-order valence-corrected chi connectivity index (χ0v) is 17.3. The molecule has 0 radical (unpaired) electrons. The Morgan fingerprint density at radius 1 is 0.800 bits per heavy atom. The summed E-state index contributed by atoms with van der Waals surface area (Å²) in [7, 11) is 0. The summed E-state index contributed by atoms with van der Waals surface area (Å²) >= 11 is 0. The zero-order chi connectivity index (χ0) is 18.5. The van der Waals surface area contributed by atoms with Gasteiger partial charge in [-0.05, 0) is 43.7 Å². The molecular formula is C22H38N2O. The highest BCUT2D eigenvalue weighted by Gasteiger charge is 2.18. The third-order valence-corrected chi connectivity index (χ3v) is 4.57. The lowest BCUT2D eigenvalue weighted by Crippen LogP contribution is -2.47. The van der Waals surface area contributed by atoms with Crippen LogP contribution in [0.1, 0.15) is 52.7 Å². The fraction of sp³-hybridized carbons (Fsp3) is 0.727. The average Bonchev–Trinajstić information content (AvgIpc) is 2.48. The predicted molar refractivity (Wildman–Crippen MR) is 107 cm³/mol. The number of hydrogen-bond acceptors (Lipinski definition) is 3. The minimum atomic E-state index is -0.0268. The van der Waals surface area contributed by atoms with Crippen LogP contribution in [-0.2, 0) is 17.7 Å². The third kappa shape index (κ3) is 8.35. The van der Waals surface area contributed by atoms with Crippen LogP contribution < -0.4 is 0 Å². The molecule has 2 rings (SSSR count). The van der Waals surface area contributed by atoms with E-state index in [0.717, 1.165) is 52.3 Å². The van der Waals surface area contributed by atoms with Crippen molar-refractivity contribution in [2.24, 2.45) is 5.41 Å².